The lowest BCUT2D eigenvalue weighted by molar-refractivity contribution is -0.0820. The maximum absolute atomic E-state index is 9.51. The molecule has 1 fully saturated rings. The second kappa shape index (κ2) is 3.56. The van der Waals surface area contributed by atoms with Crippen molar-refractivity contribution in [2.75, 3.05) is 0 Å². The molecule has 4 atom stereocenters. The molecule has 1 rings (SSSR count). The van der Waals surface area contributed by atoms with Crippen LogP contribution in [-0.4, -0.2) is 33.6 Å². The molecule has 0 spiro atoms. The van der Waals surface area contributed by atoms with Crippen molar-refractivity contribution in [3.8, 4) is 0 Å². The van der Waals surface area contributed by atoms with Crippen molar-refractivity contribution >= 4 is 0 Å². The maximum atomic E-state index is 9.51. The highest BCUT2D eigenvalue weighted by atomic mass is 16.3. The van der Waals surface area contributed by atoms with E-state index in [4.69, 9.17) is 0 Å². The summed E-state index contributed by atoms with van der Waals surface area (Å²) < 4.78 is 0. The lowest BCUT2D eigenvalue weighted by Crippen LogP contribution is -2.45. The van der Waals surface area contributed by atoms with Gasteiger partial charge in [-0.2, -0.15) is 0 Å². The zero-order chi connectivity index (χ0) is 9.30. The summed E-state index contributed by atoms with van der Waals surface area (Å²) in [6, 6.07) is 0. The second-order valence-corrected chi connectivity index (χ2v) is 3.57. The first-order chi connectivity index (χ1) is 5.54. The first-order valence-electron chi connectivity index (χ1n) is 4.23. The summed E-state index contributed by atoms with van der Waals surface area (Å²) in [5.41, 5.74) is 0.730. The van der Waals surface area contributed by atoms with Crippen LogP contribution in [0.3, 0.4) is 0 Å². The van der Waals surface area contributed by atoms with Gasteiger partial charge >= 0.3 is 0 Å². The average Bonchev–Trinajstić information content (AvgIpc) is 1.97. The first kappa shape index (κ1) is 9.71. The van der Waals surface area contributed by atoms with Crippen LogP contribution in [0, 0.1) is 5.92 Å². The molecule has 3 heteroatoms. The van der Waals surface area contributed by atoms with Gasteiger partial charge in [0.25, 0.3) is 0 Å². The summed E-state index contributed by atoms with van der Waals surface area (Å²) >= 11 is 0. The zero-order valence-electron chi connectivity index (χ0n) is 7.27. The maximum Gasteiger partial charge on any atom is 0.0888 e. The van der Waals surface area contributed by atoms with Gasteiger partial charge in [0, 0.05) is 5.92 Å². The summed E-state index contributed by atoms with van der Waals surface area (Å²) in [7, 11) is 0. The van der Waals surface area contributed by atoms with E-state index < -0.39 is 18.3 Å². The molecule has 1 saturated carbocycles. The molecule has 0 bridgehead atoms. The van der Waals surface area contributed by atoms with Gasteiger partial charge in [0.1, 0.15) is 0 Å². The van der Waals surface area contributed by atoms with Gasteiger partial charge in [0.2, 0.25) is 0 Å². The van der Waals surface area contributed by atoms with Crippen LogP contribution < -0.4 is 0 Å². The van der Waals surface area contributed by atoms with E-state index in [9.17, 15) is 15.3 Å². The predicted octanol–water partition coefficient (Wildman–Crippen LogP) is 0.0552. The molecular weight excluding hydrogens is 156 g/mol. The van der Waals surface area contributed by atoms with Crippen molar-refractivity contribution in [2.45, 2.75) is 38.1 Å². The number of rotatable bonds is 1. The van der Waals surface area contributed by atoms with Crippen molar-refractivity contribution in [2.24, 2.45) is 5.92 Å². The zero-order valence-corrected chi connectivity index (χ0v) is 7.27. The SMILES string of the molecule is C=C(C)[C@H]1[C@H](O)[C@H](O)CC[C@@H]1O. The van der Waals surface area contributed by atoms with Gasteiger partial charge in [-0.3, -0.25) is 0 Å². The van der Waals surface area contributed by atoms with E-state index >= 15 is 0 Å². The third-order valence-electron chi connectivity index (χ3n) is 2.50. The van der Waals surface area contributed by atoms with Crippen LogP contribution in [0.1, 0.15) is 19.8 Å². The minimum Gasteiger partial charge on any atom is -0.392 e. The normalized spacial score (nSPS) is 42.7. The van der Waals surface area contributed by atoms with E-state index in [1.807, 2.05) is 0 Å². The fourth-order valence-electron chi connectivity index (χ4n) is 1.78. The van der Waals surface area contributed by atoms with Crippen LogP contribution in [-0.2, 0) is 0 Å². The van der Waals surface area contributed by atoms with Crippen LogP contribution in [0.15, 0.2) is 12.2 Å². The van der Waals surface area contributed by atoms with Crippen LogP contribution in [0.4, 0.5) is 0 Å². The fourth-order valence-corrected chi connectivity index (χ4v) is 1.78. The van der Waals surface area contributed by atoms with Crippen LogP contribution in [0.2, 0.25) is 0 Å². The predicted molar refractivity (Wildman–Crippen MR) is 45.6 cm³/mol. The molecule has 70 valence electrons. The highest BCUT2D eigenvalue weighted by molar-refractivity contribution is 5.06. The number of aliphatic hydroxyl groups is 3. The standard InChI is InChI=1S/C9H16O3/c1-5(2)8-6(10)3-4-7(11)9(8)12/h6-12H,1,3-4H2,2H3/t6-,7+,8+,9+/m0/s1. The smallest absolute Gasteiger partial charge is 0.0888 e. The second-order valence-electron chi connectivity index (χ2n) is 3.57. The molecule has 0 aromatic rings. The topological polar surface area (TPSA) is 60.7 Å². The Balaban J connectivity index is 2.71. The Morgan fingerprint density at radius 2 is 1.67 bits per heavy atom. The molecule has 3 nitrogen and oxygen atoms in total. The minimum absolute atomic E-state index is 0.367. The Labute approximate surface area is 72.3 Å². The molecule has 0 aromatic heterocycles. The van der Waals surface area contributed by atoms with Crippen molar-refractivity contribution in [3.05, 3.63) is 12.2 Å². The molecule has 1 aliphatic rings. The van der Waals surface area contributed by atoms with Gasteiger partial charge < -0.3 is 15.3 Å². The van der Waals surface area contributed by atoms with E-state index in [-0.39, 0.29) is 5.92 Å². The summed E-state index contributed by atoms with van der Waals surface area (Å²) in [5, 5.41) is 28.3. The van der Waals surface area contributed by atoms with Gasteiger partial charge in [0.05, 0.1) is 18.3 Å². The molecular formula is C9H16O3. The van der Waals surface area contributed by atoms with E-state index in [1.54, 1.807) is 6.92 Å². The number of hydrogen-bond acceptors (Lipinski definition) is 3. The van der Waals surface area contributed by atoms with E-state index in [1.165, 1.54) is 0 Å². The third-order valence-corrected chi connectivity index (χ3v) is 2.50. The summed E-state index contributed by atoms with van der Waals surface area (Å²) in [6.45, 7) is 5.44. The van der Waals surface area contributed by atoms with Crippen molar-refractivity contribution < 1.29 is 15.3 Å². The highest BCUT2D eigenvalue weighted by Crippen LogP contribution is 2.29. The molecule has 1 aliphatic carbocycles. The molecule has 0 amide bonds. The van der Waals surface area contributed by atoms with Crippen LogP contribution in [0.5, 0.6) is 0 Å². The Kier molecular flexibility index (Phi) is 2.88. The Bertz CT molecular complexity index is 179. The number of aliphatic hydroxyl groups excluding tert-OH is 3. The van der Waals surface area contributed by atoms with Gasteiger partial charge in [-0.25, -0.2) is 0 Å². The molecule has 0 aliphatic heterocycles. The molecule has 0 saturated heterocycles. The monoisotopic (exact) mass is 172 g/mol. The van der Waals surface area contributed by atoms with Gasteiger partial charge in [-0.1, -0.05) is 12.2 Å². The van der Waals surface area contributed by atoms with Gasteiger partial charge in [-0.15, -0.1) is 0 Å². The summed E-state index contributed by atoms with van der Waals surface area (Å²) in [5.74, 6) is -0.367. The first-order valence-corrected chi connectivity index (χ1v) is 4.23. The van der Waals surface area contributed by atoms with Crippen molar-refractivity contribution in [1.82, 2.24) is 0 Å². The highest BCUT2D eigenvalue weighted by Gasteiger charge is 2.36. The Hall–Kier alpha value is -0.380. The molecule has 12 heavy (non-hydrogen) atoms. The molecule has 0 aromatic carbocycles. The lowest BCUT2D eigenvalue weighted by Gasteiger charge is -2.36. The van der Waals surface area contributed by atoms with E-state index in [2.05, 4.69) is 6.58 Å². The van der Waals surface area contributed by atoms with Crippen molar-refractivity contribution in [1.29, 1.82) is 0 Å². The van der Waals surface area contributed by atoms with E-state index in [0.29, 0.717) is 12.8 Å². The van der Waals surface area contributed by atoms with Gasteiger partial charge in [-0.05, 0) is 19.8 Å². The minimum atomic E-state index is -0.855. The van der Waals surface area contributed by atoms with Crippen molar-refractivity contribution in [3.63, 3.8) is 0 Å². The Morgan fingerprint density at radius 1 is 1.17 bits per heavy atom. The average molecular weight is 172 g/mol. The number of hydrogen-bond donors (Lipinski definition) is 3. The fraction of sp³-hybridized carbons (Fsp3) is 0.778. The summed E-state index contributed by atoms with van der Waals surface area (Å²) in [6.07, 6.45) is -1.12. The van der Waals surface area contributed by atoms with E-state index in [0.717, 1.165) is 5.57 Å². The Morgan fingerprint density at radius 3 is 2.08 bits per heavy atom. The lowest BCUT2D eigenvalue weighted by atomic mass is 9.79. The van der Waals surface area contributed by atoms with Crippen LogP contribution in [0.25, 0.3) is 0 Å². The third kappa shape index (κ3) is 1.68. The summed E-state index contributed by atoms with van der Waals surface area (Å²) in [4.78, 5) is 0. The molecule has 3 N–H and O–H groups in total. The largest absolute Gasteiger partial charge is 0.392 e. The quantitative estimate of drug-likeness (QED) is 0.490. The van der Waals surface area contributed by atoms with Gasteiger partial charge in [0.15, 0.2) is 0 Å². The molecule has 0 heterocycles. The van der Waals surface area contributed by atoms with Crippen LogP contribution >= 0.6 is 0 Å². The molecule has 0 radical (unpaired) electrons. The molecule has 0 unspecified atom stereocenters.